The summed E-state index contributed by atoms with van der Waals surface area (Å²) in [6, 6.07) is 9.28. The molecule has 2 aromatic rings. The Morgan fingerprint density at radius 2 is 2.12 bits per heavy atom. The lowest BCUT2D eigenvalue weighted by Crippen LogP contribution is -2.37. The van der Waals surface area contributed by atoms with Crippen LogP contribution >= 0.6 is 0 Å². The molecule has 0 saturated carbocycles. The molecule has 1 aliphatic rings. The summed E-state index contributed by atoms with van der Waals surface area (Å²) in [6.07, 6.45) is 2.29. The van der Waals surface area contributed by atoms with Gasteiger partial charge in [0.15, 0.2) is 9.84 Å². The SMILES string of the molecule is CCN(c1nccc(Nc2ccccc2OC)n1)C1CCS(=O)(=O)C1. The van der Waals surface area contributed by atoms with Gasteiger partial charge in [0, 0.05) is 18.8 Å². The quantitative estimate of drug-likeness (QED) is 0.843. The molecule has 134 valence electrons. The molecule has 25 heavy (non-hydrogen) atoms. The summed E-state index contributed by atoms with van der Waals surface area (Å²) < 4.78 is 28.9. The molecule has 1 aliphatic heterocycles. The van der Waals surface area contributed by atoms with Crippen molar-refractivity contribution in [2.45, 2.75) is 19.4 Å². The minimum atomic E-state index is -2.96. The maximum Gasteiger partial charge on any atom is 0.227 e. The van der Waals surface area contributed by atoms with Crippen LogP contribution in [-0.4, -0.2) is 49.6 Å². The van der Waals surface area contributed by atoms with Crippen molar-refractivity contribution in [3.8, 4) is 5.75 Å². The fourth-order valence-corrected chi connectivity index (χ4v) is 4.76. The zero-order valence-corrected chi connectivity index (χ0v) is 15.2. The molecule has 2 heterocycles. The summed E-state index contributed by atoms with van der Waals surface area (Å²) in [5, 5.41) is 3.23. The third kappa shape index (κ3) is 4.01. The zero-order chi connectivity index (χ0) is 17.9. The van der Waals surface area contributed by atoms with Crippen LogP contribution in [0.1, 0.15) is 13.3 Å². The van der Waals surface area contributed by atoms with Crippen molar-refractivity contribution in [3.05, 3.63) is 36.5 Å². The lowest BCUT2D eigenvalue weighted by molar-refractivity contribution is 0.417. The Bertz CT molecular complexity index is 841. The van der Waals surface area contributed by atoms with Gasteiger partial charge in [-0.15, -0.1) is 0 Å². The molecule has 1 N–H and O–H groups in total. The van der Waals surface area contributed by atoms with Gasteiger partial charge in [0.25, 0.3) is 0 Å². The Morgan fingerprint density at radius 1 is 1.32 bits per heavy atom. The zero-order valence-electron chi connectivity index (χ0n) is 14.3. The molecule has 1 fully saturated rings. The molecule has 8 heteroatoms. The van der Waals surface area contributed by atoms with Crippen LogP contribution in [0.2, 0.25) is 0 Å². The van der Waals surface area contributed by atoms with E-state index in [1.165, 1.54) is 0 Å². The van der Waals surface area contributed by atoms with Crippen LogP contribution in [0.25, 0.3) is 0 Å². The number of sulfone groups is 1. The molecule has 1 saturated heterocycles. The van der Waals surface area contributed by atoms with E-state index in [4.69, 9.17) is 4.74 Å². The molecule has 0 bridgehead atoms. The second kappa shape index (κ2) is 7.26. The third-order valence-corrected chi connectivity index (χ3v) is 6.01. The van der Waals surface area contributed by atoms with Crippen LogP contribution in [0.5, 0.6) is 5.75 Å². The lowest BCUT2D eigenvalue weighted by atomic mass is 10.2. The smallest absolute Gasteiger partial charge is 0.227 e. The Balaban J connectivity index is 1.83. The first kappa shape index (κ1) is 17.5. The molecule has 3 rings (SSSR count). The van der Waals surface area contributed by atoms with Gasteiger partial charge in [-0.2, -0.15) is 4.98 Å². The van der Waals surface area contributed by atoms with E-state index in [9.17, 15) is 8.42 Å². The summed E-state index contributed by atoms with van der Waals surface area (Å²) in [4.78, 5) is 10.9. The number of benzene rings is 1. The first-order valence-corrected chi connectivity index (χ1v) is 10.0. The monoisotopic (exact) mass is 362 g/mol. The average molecular weight is 362 g/mol. The molecule has 0 amide bonds. The van der Waals surface area contributed by atoms with Crippen LogP contribution in [-0.2, 0) is 9.84 Å². The molecule has 7 nitrogen and oxygen atoms in total. The van der Waals surface area contributed by atoms with Gasteiger partial charge in [-0.05, 0) is 31.5 Å². The van der Waals surface area contributed by atoms with Gasteiger partial charge in [-0.3, -0.25) is 0 Å². The largest absolute Gasteiger partial charge is 0.495 e. The highest BCUT2D eigenvalue weighted by molar-refractivity contribution is 7.91. The van der Waals surface area contributed by atoms with Crippen LogP contribution in [0.3, 0.4) is 0 Å². The maximum atomic E-state index is 11.8. The molecule has 0 spiro atoms. The minimum Gasteiger partial charge on any atom is -0.495 e. The Kier molecular flexibility index (Phi) is 5.08. The number of aromatic nitrogens is 2. The summed E-state index contributed by atoms with van der Waals surface area (Å²) in [5.74, 6) is 2.28. The molecule has 0 radical (unpaired) electrons. The van der Waals surface area contributed by atoms with Crippen molar-refractivity contribution < 1.29 is 13.2 Å². The number of nitrogens with zero attached hydrogens (tertiary/aromatic N) is 3. The summed E-state index contributed by atoms with van der Waals surface area (Å²) in [6.45, 7) is 2.63. The number of hydrogen-bond acceptors (Lipinski definition) is 7. The summed E-state index contributed by atoms with van der Waals surface area (Å²) in [5.41, 5.74) is 0.807. The van der Waals surface area contributed by atoms with Gasteiger partial charge in [0.1, 0.15) is 11.6 Å². The molecule has 1 unspecified atom stereocenters. The summed E-state index contributed by atoms with van der Waals surface area (Å²) in [7, 11) is -1.34. The normalized spacial score (nSPS) is 18.7. The van der Waals surface area contributed by atoms with E-state index >= 15 is 0 Å². The number of rotatable bonds is 6. The van der Waals surface area contributed by atoms with Gasteiger partial charge < -0.3 is 15.0 Å². The molecule has 1 atom stereocenters. The third-order valence-electron chi connectivity index (χ3n) is 4.26. The molecule has 1 aromatic carbocycles. The standard InChI is InChI=1S/C17H22N4O3S/c1-3-21(13-9-11-25(22,23)12-13)17-18-10-8-16(20-17)19-14-6-4-5-7-15(14)24-2/h4-8,10,13H,3,9,11-12H2,1-2H3,(H,18,19,20). The fourth-order valence-electron chi connectivity index (χ4n) is 3.03. The van der Waals surface area contributed by atoms with Crippen molar-refractivity contribution in [2.75, 3.05) is 35.4 Å². The number of para-hydroxylation sites is 2. The number of hydrogen-bond donors (Lipinski definition) is 1. The van der Waals surface area contributed by atoms with Crippen molar-refractivity contribution in [1.29, 1.82) is 0 Å². The number of methoxy groups -OCH3 is 1. The van der Waals surface area contributed by atoms with Crippen molar-refractivity contribution in [1.82, 2.24) is 9.97 Å². The lowest BCUT2D eigenvalue weighted by Gasteiger charge is -2.27. The van der Waals surface area contributed by atoms with Crippen LogP contribution in [0.15, 0.2) is 36.5 Å². The second-order valence-corrected chi connectivity index (χ2v) is 8.14. The summed E-state index contributed by atoms with van der Waals surface area (Å²) >= 11 is 0. The first-order valence-electron chi connectivity index (χ1n) is 8.22. The minimum absolute atomic E-state index is 0.0727. The van der Waals surface area contributed by atoms with E-state index < -0.39 is 9.84 Å². The van der Waals surface area contributed by atoms with E-state index in [1.54, 1.807) is 19.4 Å². The highest BCUT2D eigenvalue weighted by Gasteiger charge is 2.32. The van der Waals surface area contributed by atoms with Crippen LogP contribution < -0.4 is 15.0 Å². The number of nitrogens with one attached hydrogen (secondary N) is 1. The van der Waals surface area contributed by atoms with Crippen molar-refractivity contribution >= 4 is 27.3 Å². The molecular formula is C17H22N4O3S. The second-order valence-electron chi connectivity index (χ2n) is 5.91. The van der Waals surface area contributed by atoms with E-state index in [1.807, 2.05) is 36.1 Å². The molecule has 1 aromatic heterocycles. The number of ether oxygens (including phenoxy) is 1. The van der Waals surface area contributed by atoms with Gasteiger partial charge in [-0.25, -0.2) is 13.4 Å². The van der Waals surface area contributed by atoms with Gasteiger partial charge in [-0.1, -0.05) is 12.1 Å². The fraction of sp³-hybridized carbons (Fsp3) is 0.412. The van der Waals surface area contributed by atoms with Gasteiger partial charge in [0.2, 0.25) is 5.95 Å². The van der Waals surface area contributed by atoms with Crippen molar-refractivity contribution in [2.24, 2.45) is 0 Å². The van der Waals surface area contributed by atoms with Crippen LogP contribution in [0.4, 0.5) is 17.5 Å². The van der Waals surface area contributed by atoms with Gasteiger partial charge in [0.05, 0.1) is 24.3 Å². The first-order chi connectivity index (χ1) is 12.0. The van der Waals surface area contributed by atoms with Gasteiger partial charge >= 0.3 is 0 Å². The highest BCUT2D eigenvalue weighted by atomic mass is 32.2. The average Bonchev–Trinajstić information content (AvgIpc) is 2.96. The Hall–Kier alpha value is -2.35. The van der Waals surface area contributed by atoms with E-state index in [-0.39, 0.29) is 17.5 Å². The predicted octanol–water partition coefficient (Wildman–Crippen LogP) is 2.24. The van der Waals surface area contributed by atoms with Crippen molar-refractivity contribution in [3.63, 3.8) is 0 Å². The topological polar surface area (TPSA) is 84.4 Å². The Morgan fingerprint density at radius 3 is 2.80 bits per heavy atom. The van der Waals surface area contributed by atoms with E-state index in [2.05, 4.69) is 15.3 Å². The van der Waals surface area contributed by atoms with E-state index in [0.29, 0.717) is 24.7 Å². The number of anilines is 3. The predicted molar refractivity (Wildman–Crippen MR) is 98.4 cm³/mol. The molecular weight excluding hydrogens is 340 g/mol. The van der Waals surface area contributed by atoms with E-state index in [0.717, 1.165) is 11.4 Å². The Labute approximate surface area is 148 Å². The maximum absolute atomic E-state index is 11.8. The van der Waals surface area contributed by atoms with Crippen LogP contribution in [0, 0.1) is 0 Å². The highest BCUT2D eigenvalue weighted by Crippen LogP contribution is 2.27. The molecule has 0 aliphatic carbocycles.